The Kier molecular flexibility index (Phi) is 7.43. The topological polar surface area (TPSA) is 38.7 Å². The van der Waals surface area contributed by atoms with E-state index in [0.29, 0.717) is 28.0 Å². The highest BCUT2D eigenvalue weighted by atomic mass is 35.5. The molecule has 7 heteroatoms. The molecule has 0 bridgehead atoms. The van der Waals surface area contributed by atoms with Gasteiger partial charge in [0.15, 0.2) is 0 Å². The third-order valence-corrected chi connectivity index (χ3v) is 6.53. The van der Waals surface area contributed by atoms with Crippen molar-refractivity contribution >= 4 is 46.7 Å². The molecular weight excluding hydrogens is 460 g/mol. The molecule has 3 aromatic carbocycles. The molecule has 0 saturated carbocycles. The molecule has 1 aliphatic heterocycles. The van der Waals surface area contributed by atoms with Gasteiger partial charge in [-0.05, 0) is 60.6 Å². The van der Waals surface area contributed by atoms with E-state index in [1.165, 1.54) is 6.07 Å². The average molecular weight is 486 g/mol. The first kappa shape index (κ1) is 23.4. The van der Waals surface area contributed by atoms with Gasteiger partial charge in [0.25, 0.3) is 0 Å². The second-order valence-corrected chi connectivity index (χ2v) is 9.02. The molecule has 1 fully saturated rings. The van der Waals surface area contributed by atoms with Gasteiger partial charge >= 0.3 is 0 Å². The Morgan fingerprint density at radius 1 is 0.909 bits per heavy atom. The number of hydrogen-bond acceptors (Lipinski definition) is 4. The quantitative estimate of drug-likeness (QED) is 0.397. The summed E-state index contributed by atoms with van der Waals surface area (Å²) in [6.07, 6.45) is 3.87. The summed E-state index contributed by atoms with van der Waals surface area (Å²) >= 11 is 12.0. The van der Waals surface area contributed by atoms with Crippen LogP contribution in [0.1, 0.15) is 16.7 Å². The van der Waals surface area contributed by atoms with Crippen LogP contribution in [0.2, 0.25) is 10.0 Å². The summed E-state index contributed by atoms with van der Waals surface area (Å²) in [5.74, 6) is -0.0594. The molecule has 0 aromatic heterocycles. The van der Waals surface area contributed by atoms with E-state index in [9.17, 15) is 9.50 Å². The molecule has 1 aliphatic rings. The summed E-state index contributed by atoms with van der Waals surface area (Å²) in [5.41, 5.74) is 3.86. The SMILES string of the molecule is CN1CCN(c2ccc(NCc3cc(/C=C/c4ccc(Cl)c(Cl)c4)ccc3O)cc2F)CC1. The number of halogens is 3. The van der Waals surface area contributed by atoms with E-state index in [2.05, 4.69) is 22.2 Å². The molecule has 0 spiro atoms. The van der Waals surface area contributed by atoms with Crippen LogP contribution in [-0.2, 0) is 6.54 Å². The normalized spacial score (nSPS) is 14.7. The third-order valence-electron chi connectivity index (χ3n) is 5.79. The van der Waals surface area contributed by atoms with Crippen molar-refractivity contribution in [2.24, 2.45) is 0 Å². The van der Waals surface area contributed by atoms with E-state index in [-0.39, 0.29) is 11.6 Å². The summed E-state index contributed by atoms with van der Waals surface area (Å²) in [6.45, 7) is 3.85. The number of phenols is 1. The first-order valence-corrected chi connectivity index (χ1v) is 11.6. The summed E-state index contributed by atoms with van der Waals surface area (Å²) in [7, 11) is 2.08. The van der Waals surface area contributed by atoms with Gasteiger partial charge < -0.3 is 20.2 Å². The number of aromatic hydroxyl groups is 1. The number of piperazine rings is 1. The maximum atomic E-state index is 14.7. The van der Waals surface area contributed by atoms with Crippen LogP contribution in [0.4, 0.5) is 15.8 Å². The first-order valence-electron chi connectivity index (χ1n) is 10.8. The predicted octanol–water partition coefficient (Wildman–Crippen LogP) is 6.37. The molecule has 33 heavy (non-hydrogen) atoms. The maximum absolute atomic E-state index is 14.7. The Labute approximate surface area is 203 Å². The van der Waals surface area contributed by atoms with Crippen molar-refractivity contribution in [1.29, 1.82) is 0 Å². The van der Waals surface area contributed by atoms with Crippen LogP contribution in [0, 0.1) is 5.82 Å². The molecule has 0 unspecified atom stereocenters. The fourth-order valence-electron chi connectivity index (χ4n) is 3.78. The van der Waals surface area contributed by atoms with Gasteiger partial charge in [-0.15, -0.1) is 0 Å². The summed E-state index contributed by atoms with van der Waals surface area (Å²) < 4.78 is 14.7. The lowest BCUT2D eigenvalue weighted by Crippen LogP contribution is -2.44. The lowest BCUT2D eigenvalue weighted by molar-refractivity contribution is 0.311. The minimum atomic E-state index is -0.243. The Bertz CT molecular complexity index is 1160. The Balaban J connectivity index is 1.42. The highest BCUT2D eigenvalue weighted by Gasteiger charge is 2.17. The van der Waals surface area contributed by atoms with Crippen molar-refractivity contribution in [3.05, 3.63) is 87.2 Å². The van der Waals surface area contributed by atoms with Gasteiger partial charge in [0.2, 0.25) is 0 Å². The van der Waals surface area contributed by atoms with E-state index >= 15 is 0 Å². The summed E-state index contributed by atoms with van der Waals surface area (Å²) in [6, 6.07) is 16.0. The van der Waals surface area contributed by atoms with E-state index < -0.39 is 0 Å². The molecule has 3 aromatic rings. The molecule has 0 radical (unpaired) electrons. The summed E-state index contributed by atoms with van der Waals surface area (Å²) in [4.78, 5) is 4.32. The summed E-state index contributed by atoms with van der Waals surface area (Å²) in [5, 5.41) is 14.5. The second-order valence-electron chi connectivity index (χ2n) is 8.21. The van der Waals surface area contributed by atoms with Crippen LogP contribution < -0.4 is 10.2 Å². The fraction of sp³-hybridized carbons (Fsp3) is 0.231. The van der Waals surface area contributed by atoms with Crippen molar-refractivity contribution in [3.8, 4) is 5.75 Å². The van der Waals surface area contributed by atoms with Crippen LogP contribution in [0.3, 0.4) is 0 Å². The minimum Gasteiger partial charge on any atom is -0.508 e. The number of anilines is 2. The van der Waals surface area contributed by atoms with E-state index in [4.69, 9.17) is 23.2 Å². The number of phenolic OH excluding ortho intramolecular Hbond substituents is 1. The van der Waals surface area contributed by atoms with Crippen molar-refractivity contribution in [2.45, 2.75) is 6.54 Å². The Hall–Kier alpha value is -2.73. The van der Waals surface area contributed by atoms with E-state index in [1.807, 2.05) is 42.5 Å². The van der Waals surface area contributed by atoms with Crippen LogP contribution >= 0.6 is 23.2 Å². The standard InChI is InChI=1S/C26H26Cl2FN3O/c1-31-10-12-32(13-11-31)25-8-6-21(16-24(25)29)30-17-20-14-18(5-9-26(20)33)2-3-19-4-7-22(27)23(28)15-19/h2-9,14-16,30,33H,10-13,17H2,1H3/b3-2+. The lowest BCUT2D eigenvalue weighted by atomic mass is 10.1. The fourth-order valence-corrected chi connectivity index (χ4v) is 4.08. The second kappa shape index (κ2) is 10.5. The monoisotopic (exact) mass is 485 g/mol. The number of nitrogens with one attached hydrogen (secondary N) is 1. The van der Waals surface area contributed by atoms with Gasteiger partial charge in [0, 0.05) is 44.0 Å². The number of rotatable bonds is 6. The number of likely N-dealkylation sites (N-methyl/N-ethyl adjacent to an activating group) is 1. The zero-order valence-corrected chi connectivity index (χ0v) is 19.9. The first-order chi connectivity index (χ1) is 15.9. The maximum Gasteiger partial charge on any atom is 0.148 e. The lowest BCUT2D eigenvalue weighted by Gasteiger charge is -2.34. The average Bonchev–Trinajstić information content (AvgIpc) is 2.80. The minimum absolute atomic E-state index is 0.184. The van der Waals surface area contributed by atoms with Crippen LogP contribution in [0.15, 0.2) is 54.6 Å². The van der Waals surface area contributed by atoms with Crippen LogP contribution in [-0.4, -0.2) is 43.2 Å². The Morgan fingerprint density at radius 2 is 1.61 bits per heavy atom. The molecule has 4 rings (SSSR count). The molecule has 1 heterocycles. The van der Waals surface area contributed by atoms with Crippen LogP contribution in [0.25, 0.3) is 12.2 Å². The number of nitrogens with zero attached hydrogens (tertiary/aromatic N) is 2. The number of hydrogen-bond donors (Lipinski definition) is 2. The largest absolute Gasteiger partial charge is 0.508 e. The molecule has 0 amide bonds. The van der Waals surface area contributed by atoms with Crippen molar-refractivity contribution in [2.75, 3.05) is 43.4 Å². The van der Waals surface area contributed by atoms with Crippen LogP contribution in [0.5, 0.6) is 5.75 Å². The molecule has 4 nitrogen and oxygen atoms in total. The van der Waals surface area contributed by atoms with Crippen molar-refractivity contribution in [3.63, 3.8) is 0 Å². The van der Waals surface area contributed by atoms with Gasteiger partial charge in [-0.3, -0.25) is 0 Å². The highest BCUT2D eigenvalue weighted by molar-refractivity contribution is 6.42. The molecule has 2 N–H and O–H groups in total. The molecule has 172 valence electrons. The molecular formula is C26H26Cl2FN3O. The predicted molar refractivity (Wildman–Crippen MR) is 137 cm³/mol. The highest BCUT2D eigenvalue weighted by Crippen LogP contribution is 2.27. The molecule has 0 atom stereocenters. The van der Waals surface area contributed by atoms with Gasteiger partial charge in [-0.25, -0.2) is 4.39 Å². The van der Waals surface area contributed by atoms with E-state index in [1.54, 1.807) is 18.2 Å². The van der Waals surface area contributed by atoms with E-state index in [0.717, 1.165) is 42.9 Å². The molecule has 1 saturated heterocycles. The van der Waals surface area contributed by atoms with Gasteiger partial charge in [-0.1, -0.05) is 47.5 Å². The Morgan fingerprint density at radius 3 is 2.30 bits per heavy atom. The van der Waals surface area contributed by atoms with Crippen molar-refractivity contribution in [1.82, 2.24) is 4.90 Å². The van der Waals surface area contributed by atoms with Crippen molar-refractivity contribution < 1.29 is 9.50 Å². The zero-order chi connectivity index (χ0) is 23.4. The smallest absolute Gasteiger partial charge is 0.148 e. The number of benzene rings is 3. The third kappa shape index (κ3) is 5.99. The van der Waals surface area contributed by atoms with Gasteiger partial charge in [-0.2, -0.15) is 0 Å². The molecule has 0 aliphatic carbocycles. The van der Waals surface area contributed by atoms with Gasteiger partial charge in [0.1, 0.15) is 11.6 Å². The zero-order valence-electron chi connectivity index (χ0n) is 18.4. The van der Waals surface area contributed by atoms with Gasteiger partial charge in [0.05, 0.1) is 15.7 Å².